The average Bonchev–Trinajstić information content (AvgIpc) is 2.56. The fraction of sp³-hybridized carbons (Fsp3) is 0.600. The van der Waals surface area contributed by atoms with Crippen LogP contribution in [0.2, 0.25) is 0 Å². The van der Waals surface area contributed by atoms with Gasteiger partial charge in [0.1, 0.15) is 5.60 Å². The fourth-order valence-electron chi connectivity index (χ4n) is 1.46. The van der Waals surface area contributed by atoms with Crippen LogP contribution in [-0.4, -0.2) is 21.6 Å². The van der Waals surface area contributed by atoms with Crippen LogP contribution in [0.5, 0.6) is 0 Å². The third-order valence-corrected chi connectivity index (χ3v) is 3.61. The lowest BCUT2D eigenvalue weighted by Crippen LogP contribution is -2.33. The first-order chi connectivity index (χ1) is 7.35. The summed E-state index contributed by atoms with van der Waals surface area (Å²) in [5.41, 5.74) is 0.531. The van der Waals surface area contributed by atoms with Crippen molar-refractivity contribution in [3.63, 3.8) is 0 Å². The molecule has 1 aliphatic rings. The van der Waals surface area contributed by atoms with E-state index in [-0.39, 0.29) is 6.09 Å². The SMILES string of the molecule is CC(C)(C)OC(=O)N1Cc2nc(Br)sc2C1. The van der Waals surface area contributed by atoms with E-state index in [0.29, 0.717) is 13.1 Å². The molecule has 88 valence electrons. The van der Waals surface area contributed by atoms with Gasteiger partial charge in [0.25, 0.3) is 0 Å². The van der Waals surface area contributed by atoms with Crippen molar-refractivity contribution in [1.82, 2.24) is 9.88 Å². The minimum absolute atomic E-state index is 0.270. The minimum Gasteiger partial charge on any atom is -0.444 e. The molecule has 0 spiro atoms. The fourth-order valence-corrected chi connectivity index (χ4v) is 3.07. The molecule has 0 fully saturated rings. The van der Waals surface area contributed by atoms with Crippen molar-refractivity contribution in [3.05, 3.63) is 14.5 Å². The van der Waals surface area contributed by atoms with Crippen LogP contribution in [0.3, 0.4) is 0 Å². The molecule has 6 heteroatoms. The maximum absolute atomic E-state index is 11.8. The number of carbonyl (C=O) groups is 1. The van der Waals surface area contributed by atoms with E-state index >= 15 is 0 Å². The van der Waals surface area contributed by atoms with Gasteiger partial charge in [-0.15, -0.1) is 11.3 Å². The van der Waals surface area contributed by atoms with Crippen LogP contribution in [0.15, 0.2) is 3.92 Å². The number of fused-ring (bicyclic) bond motifs is 1. The summed E-state index contributed by atoms with van der Waals surface area (Å²) >= 11 is 4.91. The molecule has 16 heavy (non-hydrogen) atoms. The van der Waals surface area contributed by atoms with Gasteiger partial charge in [-0.05, 0) is 36.7 Å². The Hall–Kier alpha value is -0.620. The Bertz CT molecular complexity index is 401. The summed E-state index contributed by atoms with van der Waals surface area (Å²) in [6, 6.07) is 0. The molecule has 0 N–H and O–H groups in total. The molecule has 0 bridgehead atoms. The maximum Gasteiger partial charge on any atom is 0.410 e. The van der Waals surface area contributed by atoms with Gasteiger partial charge in [0.15, 0.2) is 3.92 Å². The molecule has 0 unspecified atom stereocenters. The molecule has 0 aromatic carbocycles. The molecule has 2 heterocycles. The molecule has 0 saturated carbocycles. The average molecular weight is 305 g/mol. The number of thiazole rings is 1. The second-order valence-electron chi connectivity index (χ2n) is 4.67. The number of nitrogens with zero attached hydrogens (tertiary/aromatic N) is 2. The first kappa shape index (κ1) is 11.9. The standard InChI is InChI=1S/C10H13BrN2O2S/c1-10(2,3)15-9(14)13-4-6-7(5-13)16-8(11)12-6/h4-5H2,1-3H3. The smallest absolute Gasteiger partial charge is 0.410 e. The molecular weight excluding hydrogens is 292 g/mol. The summed E-state index contributed by atoms with van der Waals surface area (Å²) in [6.45, 7) is 6.75. The highest BCUT2D eigenvalue weighted by molar-refractivity contribution is 9.11. The van der Waals surface area contributed by atoms with Crippen LogP contribution in [0, 0.1) is 0 Å². The lowest BCUT2D eigenvalue weighted by atomic mass is 10.2. The minimum atomic E-state index is -0.443. The van der Waals surface area contributed by atoms with Gasteiger partial charge in [-0.3, -0.25) is 4.90 Å². The molecule has 4 nitrogen and oxygen atoms in total. The van der Waals surface area contributed by atoms with Crippen molar-refractivity contribution in [2.45, 2.75) is 39.5 Å². The first-order valence-corrected chi connectivity index (χ1v) is 6.58. The van der Waals surface area contributed by atoms with Gasteiger partial charge in [-0.2, -0.15) is 0 Å². The molecule has 0 radical (unpaired) electrons. The Morgan fingerprint density at radius 3 is 2.75 bits per heavy atom. The van der Waals surface area contributed by atoms with E-state index in [1.807, 2.05) is 20.8 Å². The number of hydrogen-bond acceptors (Lipinski definition) is 4. The van der Waals surface area contributed by atoms with Gasteiger partial charge in [0.2, 0.25) is 0 Å². The molecule has 1 aromatic rings. The van der Waals surface area contributed by atoms with Crippen LogP contribution >= 0.6 is 27.3 Å². The zero-order valence-electron chi connectivity index (χ0n) is 9.41. The Morgan fingerprint density at radius 1 is 1.50 bits per heavy atom. The summed E-state index contributed by atoms with van der Waals surface area (Å²) in [4.78, 5) is 18.9. The third-order valence-electron chi connectivity index (χ3n) is 2.08. The van der Waals surface area contributed by atoms with Gasteiger partial charge >= 0.3 is 6.09 Å². The van der Waals surface area contributed by atoms with E-state index in [1.165, 1.54) is 0 Å². The number of aromatic nitrogens is 1. The molecule has 2 rings (SSSR count). The summed E-state index contributed by atoms with van der Waals surface area (Å²) in [5, 5.41) is 0. The predicted molar refractivity (Wildman–Crippen MR) is 65.3 cm³/mol. The molecule has 1 aromatic heterocycles. The van der Waals surface area contributed by atoms with E-state index < -0.39 is 5.60 Å². The number of ether oxygens (including phenoxy) is 1. The van der Waals surface area contributed by atoms with Crippen LogP contribution < -0.4 is 0 Å². The lowest BCUT2D eigenvalue weighted by molar-refractivity contribution is 0.0241. The highest BCUT2D eigenvalue weighted by atomic mass is 79.9. The van der Waals surface area contributed by atoms with E-state index in [2.05, 4.69) is 20.9 Å². The highest BCUT2D eigenvalue weighted by Crippen LogP contribution is 2.31. The van der Waals surface area contributed by atoms with Crippen molar-refractivity contribution in [1.29, 1.82) is 0 Å². The molecule has 1 amide bonds. The maximum atomic E-state index is 11.8. The van der Waals surface area contributed by atoms with Crippen LogP contribution in [0.1, 0.15) is 31.3 Å². The number of hydrogen-bond donors (Lipinski definition) is 0. The van der Waals surface area contributed by atoms with Gasteiger partial charge in [-0.1, -0.05) is 0 Å². The molecule has 0 aliphatic carbocycles. The summed E-state index contributed by atoms with van der Waals surface area (Å²) < 4.78 is 6.18. The van der Waals surface area contributed by atoms with Crippen molar-refractivity contribution < 1.29 is 9.53 Å². The van der Waals surface area contributed by atoms with Crippen molar-refractivity contribution in [2.75, 3.05) is 0 Å². The molecule has 0 atom stereocenters. The van der Waals surface area contributed by atoms with Crippen LogP contribution in [0.25, 0.3) is 0 Å². The lowest BCUT2D eigenvalue weighted by Gasteiger charge is -2.24. The van der Waals surface area contributed by atoms with E-state index in [9.17, 15) is 4.79 Å². The summed E-state index contributed by atoms with van der Waals surface area (Å²) in [7, 11) is 0. The van der Waals surface area contributed by atoms with Crippen LogP contribution in [0.4, 0.5) is 4.79 Å². The molecule has 1 aliphatic heterocycles. The second-order valence-corrected chi connectivity index (χ2v) is 7.03. The van der Waals surface area contributed by atoms with E-state index in [0.717, 1.165) is 14.5 Å². The zero-order chi connectivity index (χ0) is 11.9. The van der Waals surface area contributed by atoms with Gasteiger partial charge in [-0.25, -0.2) is 9.78 Å². The number of halogens is 1. The Kier molecular flexibility index (Phi) is 2.96. The van der Waals surface area contributed by atoms with E-state index in [4.69, 9.17) is 4.74 Å². The zero-order valence-corrected chi connectivity index (χ0v) is 11.8. The number of carbonyl (C=O) groups excluding carboxylic acids is 1. The van der Waals surface area contributed by atoms with E-state index in [1.54, 1.807) is 16.2 Å². The second kappa shape index (κ2) is 4.00. The normalized spacial score (nSPS) is 15.1. The topological polar surface area (TPSA) is 42.4 Å². The monoisotopic (exact) mass is 304 g/mol. The summed E-state index contributed by atoms with van der Waals surface area (Å²) in [5.74, 6) is 0. The van der Waals surface area contributed by atoms with Gasteiger partial charge < -0.3 is 4.74 Å². The van der Waals surface area contributed by atoms with Crippen molar-refractivity contribution in [3.8, 4) is 0 Å². The summed E-state index contributed by atoms with van der Waals surface area (Å²) in [6.07, 6.45) is -0.270. The Balaban J connectivity index is 2.01. The first-order valence-electron chi connectivity index (χ1n) is 4.97. The highest BCUT2D eigenvalue weighted by Gasteiger charge is 2.30. The van der Waals surface area contributed by atoms with Crippen molar-refractivity contribution >= 4 is 33.4 Å². The Labute approximate surface area is 107 Å². The number of amides is 1. The van der Waals surface area contributed by atoms with Gasteiger partial charge in [0, 0.05) is 0 Å². The van der Waals surface area contributed by atoms with Gasteiger partial charge in [0.05, 0.1) is 23.7 Å². The van der Waals surface area contributed by atoms with Crippen molar-refractivity contribution in [2.24, 2.45) is 0 Å². The largest absolute Gasteiger partial charge is 0.444 e. The molecule has 0 saturated heterocycles. The van der Waals surface area contributed by atoms with Crippen LogP contribution in [-0.2, 0) is 17.8 Å². The third kappa shape index (κ3) is 2.55. The predicted octanol–water partition coefficient (Wildman–Crippen LogP) is 3.16. The Morgan fingerprint density at radius 2 is 2.19 bits per heavy atom. The molecular formula is C10H13BrN2O2S. The number of rotatable bonds is 0. The quantitative estimate of drug-likeness (QED) is 0.739.